The molecule has 78 heavy (non-hydrogen) atoms. The average Bonchev–Trinajstić information content (AvgIpc) is 4.04. The summed E-state index contributed by atoms with van der Waals surface area (Å²) >= 11 is 1.63. The predicted molar refractivity (Wildman–Crippen MR) is 307 cm³/mol. The number of hydrogen-bond donors (Lipinski definition) is 2. The number of phenolic OH excluding ortho intramolecular Hbond substituents is 2. The van der Waals surface area contributed by atoms with Gasteiger partial charge in [-0.2, -0.15) is 0 Å². The fourth-order valence-corrected chi connectivity index (χ4v) is 10.5. The number of phenols is 2. The zero-order chi connectivity index (χ0) is 55.9. The average molecular weight is 1090 g/mol. The second kappa shape index (κ2) is 21.9. The van der Waals surface area contributed by atoms with E-state index in [1.54, 1.807) is 0 Å². The van der Waals surface area contributed by atoms with Crippen LogP contribution in [0.3, 0.4) is 0 Å². The highest BCUT2D eigenvalue weighted by atomic mass is 32.2. The van der Waals surface area contributed by atoms with E-state index in [0.717, 1.165) is 79.2 Å². The van der Waals surface area contributed by atoms with E-state index in [-0.39, 0.29) is 92.7 Å². The number of fused-ring (bicyclic) bond motifs is 8. The molecule has 0 aliphatic heterocycles. The van der Waals surface area contributed by atoms with Gasteiger partial charge in [0.05, 0.1) is 0 Å². The van der Waals surface area contributed by atoms with Gasteiger partial charge in [-0.15, -0.1) is 20.4 Å². The van der Waals surface area contributed by atoms with Gasteiger partial charge in [0.2, 0.25) is 22.0 Å². The van der Waals surface area contributed by atoms with E-state index in [1.165, 1.54) is 0 Å². The van der Waals surface area contributed by atoms with E-state index in [0.29, 0.717) is 45.5 Å². The van der Waals surface area contributed by atoms with Crippen LogP contribution < -0.4 is 9.47 Å². The largest absolute Gasteiger partial charge is 0.507 e. The Hall–Kier alpha value is -7.16. The quantitative estimate of drug-likeness (QED) is 0.124. The molecule has 9 rings (SSSR count). The molecular weight excluding hydrogens is 1020 g/mol. The summed E-state index contributed by atoms with van der Waals surface area (Å²) in [6.45, 7) is 25.1. The summed E-state index contributed by atoms with van der Waals surface area (Å²) in [5.74, 6) is 1.81. The Morgan fingerprint density at radius 3 is 0.974 bits per heavy atom. The minimum Gasteiger partial charge on any atom is -0.507 e. The van der Waals surface area contributed by atoms with Crippen molar-refractivity contribution in [2.75, 3.05) is 13.2 Å². The van der Waals surface area contributed by atoms with Gasteiger partial charge in [-0.1, -0.05) is 168 Å². The van der Waals surface area contributed by atoms with Crippen molar-refractivity contribution in [1.29, 1.82) is 0 Å². The third-order valence-corrected chi connectivity index (χ3v) is 15.3. The Bertz CT molecular complexity index is 3190. The number of carbonyl (C=O) groups excluding carboxylic acids is 2. The fraction of sp³-hybridized carbons (Fsp3) is 0.344. The Balaban J connectivity index is 1.19. The molecule has 12 nitrogen and oxygen atoms in total. The highest BCUT2D eigenvalue weighted by Crippen LogP contribution is 2.44. The van der Waals surface area contributed by atoms with Crippen LogP contribution >= 0.6 is 23.5 Å². The number of hydrogen-bond acceptors (Lipinski definition) is 14. The van der Waals surface area contributed by atoms with Gasteiger partial charge in [0, 0.05) is 60.3 Å². The van der Waals surface area contributed by atoms with Gasteiger partial charge in [0.1, 0.15) is 23.0 Å². The maximum atomic E-state index is 13.9. The lowest BCUT2D eigenvalue weighted by Gasteiger charge is -2.28. The summed E-state index contributed by atoms with van der Waals surface area (Å²) < 4.78 is 25.3. The Labute approximate surface area is 465 Å². The zero-order valence-corrected chi connectivity index (χ0v) is 48.2. The standard InChI is InChI=1S/C64H68N4O8S2/c1-61(2,3)47-27-39-23-43-31-49(63(7,8)9)33-45(55(43)73-35-51(69)77-59-67-65-57(75-59)37-19-15-13-16-20-37)25-41-29-48(62(4,5)6)30-42(54(41)72)26-46-34-50(64(10,11)12)32-44(24-40(28-47)53(39)71)56(46)74-36-52(70)78-60-68-66-58(76-60)38-21-17-14-18-22-38/h13-22,27-34,71-72H,23-26,35-36H2,1-12H3. The van der Waals surface area contributed by atoms with E-state index in [1.807, 2.05) is 60.7 Å². The van der Waals surface area contributed by atoms with E-state index in [2.05, 4.69) is 152 Å². The number of aromatic hydroxyl groups is 2. The number of nitrogens with zero attached hydrogens (tertiary/aromatic N) is 4. The van der Waals surface area contributed by atoms with Crippen LogP contribution in [0, 0.1) is 0 Å². The molecule has 0 fully saturated rings. The topological polar surface area (TPSA) is 171 Å². The van der Waals surface area contributed by atoms with E-state index in [9.17, 15) is 19.8 Å². The second-order valence-electron chi connectivity index (χ2n) is 24.2. The van der Waals surface area contributed by atoms with Gasteiger partial charge in [0.15, 0.2) is 13.2 Å². The normalized spacial score (nSPS) is 13.1. The first-order chi connectivity index (χ1) is 36.8. The fourth-order valence-electron chi connectivity index (χ4n) is 9.43. The van der Waals surface area contributed by atoms with Crippen molar-refractivity contribution in [3.8, 4) is 45.9 Å². The number of thioether (sulfide) groups is 2. The summed E-state index contributed by atoms with van der Waals surface area (Å²) in [6, 6.07) is 35.4. The first kappa shape index (κ1) is 55.6. The Morgan fingerprint density at radius 1 is 0.436 bits per heavy atom. The van der Waals surface area contributed by atoms with Gasteiger partial charge in [-0.3, -0.25) is 9.59 Å². The Kier molecular flexibility index (Phi) is 15.6. The van der Waals surface area contributed by atoms with Crippen LogP contribution in [-0.4, -0.2) is 54.1 Å². The summed E-state index contributed by atoms with van der Waals surface area (Å²) in [4.78, 5) is 27.8. The zero-order valence-electron chi connectivity index (χ0n) is 46.6. The molecule has 0 radical (unpaired) electrons. The van der Waals surface area contributed by atoms with Gasteiger partial charge < -0.3 is 28.5 Å². The Morgan fingerprint density at radius 2 is 0.705 bits per heavy atom. The van der Waals surface area contributed by atoms with Crippen molar-refractivity contribution < 1.29 is 38.1 Å². The monoisotopic (exact) mass is 1080 g/mol. The van der Waals surface area contributed by atoms with Crippen molar-refractivity contribution in [2.45, 2.75) is 141 Å². The summed E-state index contributed by atoms with van der Waals surface area (Å²) in [7, 11) is 0. The van der Waals surface area contributed by atoms with Crippen LogP contribution in [0.1, 0.15) is 150 Å². The molecule has 6 aromatic carbocycles. The van der Waals surface area contributed by atoms with Crippen LogP contribution in [0.5, 0.6) is 23.0 Å². The van der Waals surface area contributed by atoms with E-state index >= 15 is 0 Å². The minimum atomic E-state index is -0.349. The molecule has 404 valence electrons. The third-order valence-electron chi connectivity index (χ3n) is 13.9. The van der Waals surface area contributed by atoms with Gasteiger partial charge in [-0.25, -0.2) is 0 Å². The molecule has 1 aliphatic rings. The van der Waals surface area contributed by atoms with Crippen molar-refractivity contribution in [3.05, 3.63) is 176 Å². The van der Waals surface area contributed by atoms with Crippen molar-refractivity contribution in [2.24, 2.45) is 0 Å². The molecule has 8 bridgehead atoms. The molecule has 2 aromatic heterocycles. The maximum absolute atomic E-state index is 13.9. The molecule has 0 unspecified atom stereocenters. The first-order valence-electron chi connectivity index (χ1n) is 26.2. The van der Waals surface area contributed by atoms with E-state index in [4.69, 9.17) is 18.3 Å². The molecule has 2 N–H and O–H groups in total. The lowest BCUT2D eigenvalue weighted by atomic mass is 9.79. The number of aromatic nitrogens is 4. The van der Waals surface area contributed by atoms with Gasteiger partial charge >= 0.3 is 0 Å². The smallest absolute Gasteiger partial charge is 0.284 e. The third kappa shape index (κ3) is 12.9. The number of carbonyl (C=O) groups is 2. The lowest BCUT2D eigenvalue weighted by Crippen LogP contribution is -2.18. The van der Waals surface area contributed by atoms with Crippen LogP contribution in [0.15, 0.2) is 128 Å². The highest BCUT2D eigenvalue weighted by molar-refractivity contribution is 8.13. The van der Waals surface area contributed by atoms with Crippen molar-refractivity contribution >= 4 is 33.8 Å². The van der Waals surface area contributed by atoms with Gasteiger partial charge in [-0.05, 0) is 113 Å². The molecule has 14 heteroatoms. The van der Waals surface area contributed by atoms with Crippen LogP contribution in [-0.2, 0) is 56.9 Å². The molecule has 0 atom stereocenters. The highest BCUT2D eigenvalue weighted by Gasteiger charge is 2.30. The molecule has 0 saturated heterocycles. The number of benzene rings is 6. The molecule has 0 saturated carbocycles. The molecule has 8 aromatic rings. The van der Waals surface area contributed by atoms with Crippen molar-refractivity contribution in [3.63, 3.8) is 0 Å². The van der Waals surface area contributed by atoms with Crippen LogP contribution in [0.25, 0.3) is 22.9 Å². The summed E-state index contributed by atoms with van der Waals surface area (Å²) in [5.41, 5.74) is 9.93. The van der Waals surface area contributed by atoms with Crippen LogP contribution in [0.2, 0.25) is 0 Å². The predicted octanol–water partition coefficient (Wildman–Crippen LogP) is 14.5. The molecule has 0 amide bonds. The SMILES string of the molecule is CC(C)(C)c1cc2c(O)c(c1)Cc1cc(C(C)(C)C)cc(c1OCC(=O)Sc1nnc(-c3ccccc3)o1)Cc1cc(C(C)(C)C)cc(c1O)Cc1cc(C(C)(C)C)cc(c1OCC(=O)Sc1nnc(-c3ccccc3)o1)C2. The maximum Gasteiger partial charge on any atom is 0.284 e. The van der Waals surface area contributed by atoms with Crippen LogP contribution in [0.4, 0.5) is 0 Å². The second-order valence-corrected chi connectivity index (χ2v) is 26.3. The number of ether oxygens (including phenoxy) is 2. The first-order valence-corrected chi connectivity index (χ1v) is 27.9. The van der Waals surface area contributed by atoms with Gasteiger partial charge in [0.25, 0.3) is 10.4 Å². The summed E-state index contributed by atoms with van der Waals surface area (Å²) in [5, 5.41) is 41.7. The molecule has 2 heterocycles. The minimum absolute atomic E-state index is 0.0974. The van der Waals surface area contributed by atoms with Crippen molar-refractivity contribution in [1.82, 2.24) is 20.4 Å². The summed E-state index contributed by atoms with van der Waals surface area (Å²) in [6.07, 6.45) is 0.959. The lowest BCUT2D eigenvalue weighted by molar-refractivity contribution is -0.113. The molecule has 0 spiro atoms. The number of rotatable bonds is 10. The molecular formula is C64H68N4O8S2. The molecule has 1 aliphatic carbocycles. The van der Waals surface area contributed by atoms with E-state index < -0.39 is 0 Å².